The molecule has 0 saturated carbocycles. The van der Waals surface area contributed by atoms with E-state index < -0.39 is 0 Å². The van der Waals surface area contributed by atoms with Gasteiger partial charge in [-0.3, -0.25) is 0 Å². The lowest BCUT2D eigenvalue weighted by atomic mass is 10.4. The van der Waals surface area contributed by atoms with Crippen molar-refractivity contribution in [1.82, 2.24) is 0 Å². The van der Waals surface area contributed by atoms with Crippen molar-refractivity contribution in [3.8, 4) is 0 Å². The third-order valence-corrected chi connectivity index (χ3v) is 0.638. The van der Waals surface area contributed by atoms with Crippen LogP contribution in [0.5, 0.6) is 0 Å². The first-order valence-electron chi connectivity index (χ1n) is 3.06. The molecule has 0 spiro atoms. The van der Waals surface area contributed by atoms with Crippen LogP contribution in [0.15, 0.2) is 25.3 Å². The summed E-state index contributed by atoms with van der Waals surface area (Å²) in [5, 5.41) is 0. The molecule has 0 amide bonds. The van der Waals surface area contributed by atoms with Crippen LogP contribution in [0.4, 0.5) is 0 Å². The van der Waals surface area contributed by atoms with E-state index >= 15 is 0 Å². The highest BCUT2D eigenvalue weighted by atomic mass is 13.7. The largest absolute Gasteiger partial charge is 0.106 e. The van der Waals surface area contributed by atoms with E-state index in [0.717, 1.165) is 0 Å². The Kier molecular flexibility index (Phi) is 21.0. The molecule has 0 aromatic rings. The van der Waals surface area contributed by atoms with Crippen molar-refractivity contribution < 1.29 is 0 Å². The van der Waals surface area contributed by atoms with E-state index in [1.54, 1.807) is 0 Å². The maximum atomic E-state index is 3.00. The number of hydrogen-bond donors (Lipinski definition) is 0. The van der Waals surface area contributed by atoms with Crippen LogP contribution < -0.4 is 0 Å². The van der Waals surface area contributed by atoms with E-state index in [1.807, 2.05) is 0 Å². The molecular formula is C8H16. The first-order chi connectivity index (χ1) is 3.91. The lowest BCUT2D eigenvalue weighted by Gasteiger charge is -1.72. The normalized spacial score (nSPS) is 8.25. The third-order valence-electron chi connectivity index (χ3n) is 0.638. The quantitative estimate of drug-likeness (QED) is 0.481. The summed E-state index contributed by atoms with van der Waals surface area (Å²) in [4.78, 5) is 0. The second kappa shape index (κ2) is 16.1. The molecule has 0 N–H and O–H groups in total. The van der Waals surface area contributed by atoms with Gasteiger partial charge in [-0.1, -0.05) is 26.0 Å². The van der Waals surface area contributed by atoms with Gasteiger partial charge >= 0.3 is 0 Å². The molecule has 0 heteroatoms. The highest BCUT2D eigenvalue weighted by Gasteiger charge is 1.60. The van der Waals surface area contributed by atoms with Crippen LogP contribution in [0, 0.1) is 0 Å². The van der Waals surface area contributed by atoms with E-state index in [4.69, 9.17) is 0 Å². The lowest BCUT2D eigenvalue weighted by molar-refractivity contribution is 1.16. The fourth-order valence-electron chi connectivity index (χ4n) is 0.333. The summed E-state index contributed by atoms with van der Waals surface area (Å²) in [6.07, 6.45) is 6.71. The zero-order valence-electron chi connectivity index (χ0n) is 5.98. The third kappa shape index (κ3) is 17.9. The number of hydrogen-bond acceptors (Lipinski definition) is 0. The number of allylic oxidation sites excluding steroid dienone is 2. The van der Waals surface area contributed by atoms with Gasteiger partial charge < -0.3 is 0 Å². The van der Waals surface area contributed by atoms with Crippen LogP contribution in [0.1, 0.15) is 26.7 Å². The highest BCUT2D eigenvalue weighted by molar-refractivity contribution is 4.77. The molecule has 0 heterocycles. The van der Waals surface area contributed by atoms with Gasteiger partial charge in [0.15, 0.2) is 0 Å². The zero-order valence-corrected chi connectivity index (χ0v) is 5.98. The molecular weight excluding hydrogens is 96.1 g/mol. The van der Waals surface area contributed by atoms with E-state index in [1.165, 1.54) is 12.8 Å². The summed E-state index contributed by atoms with van der Waals surface area (Å²) >= 11 is 0. The van der Waals surface area contributed by atoms with E-state index in [-0.39, 0.29) is 0 Å². The van der Waals surface area contributed by atoms with Gasteiger partial charge in [0.25, 0.3) is 0 Å². The predicted molar refractivity (Wildman–Crippen MR) is 41.0 cm³/mol. The van der Waals surface area contributed by atoms with Crippen molar-refractivity contribution in [3.63, 3.8) is 0 Å². The van der Waals surface area contributed by atoms with Crippen molar-refractivity contribution in [2.75, 3.05) is 0 Å². The van der Waals surface area contributed by atoms with Gasteiger partial charge in [0, 0.05) is 0 Å². The maximum Gasteiger partial charge on any atom is -0.0379 e. The smallest absolute Gasteiger partial charge is 0.0379 e. The Morgan fingerprint density at radius 1 is 1.00 bits per heavy atom. The van der Waals surface area contributed by atoms with Crippen LogP contribution in [-0.2, 0) is 0 Å². The standard InChI is InChI=1S/C6H12.C2H4/c1-3-5-6-4-2;1-2/h5-6H,3-4H2,1-2H3;1-2H2. The lowest BCUT2D eigenvalue weighted by Crippen LogP contribution is -1.51. The minimum Gasteiger partial charge on any atom is -0.106 e. The highest BCUT2D eigenvalue weighted by Crippen LogP contribution is 1.81. The van der Waals surface area contributed by atoms with Crippen molar-refractivity contribution in [3.05, 3.63) is 25.3 Å². The minimum atomic E-state index is 1.17. The molecule has 8 heavy (non-hydrogen) atoms. The molecule has 0 fully saturated rings. The maximum absolute atomic E-state index is 3.00. The average Bonchev–Trinajstić information content (AvgIpc) is 1.88. The summed E-state index contributed by atoms with van der Waals surface area (Å²) in [6.45, 7) is 10.3. The molecule has 0 aliphatic rings. The van der Waals surface area contributed by atoms with Gasteiger partial charge in [-0.05, 0) is 12.8 Å². The molecule has 48 valence electrons. The van der Waals surface area contributed by atoms with Gasteiger partial charge in [0.05, 0.1) is 0 Å². The minimum absolute atomic E-state index is 1.17. The monoisotopic (exact) mass is 112 g/mol. The van der Waals surface area contributed by atoms with Crippen molar-refractivity contribution in [2.24, 2.45) is 0 Å². The van der Waals surface area contributed by atoms with Crippen LogP contribution in [0.25, 0.3) is 0 Å². The molecule has 0 aromatic heterocycles. The van der Waals surface area contributed by atoms with Gasteiger partial charge in [0.1, 0.15) is 0 Å². The molecule has 0 aliphatic heterocycles. The van der Waals surface area contributed by atoms with Gasteiger partial charge in [-0.15, -0.1) is 13.2 Å². The Bertz CT molecular complexity index is 38.0. The molecule has 0 rings (SSSR count). The Morgan fingerprint density at radius 2 is 1.25 bits per heavy atom. The Hall–Kier alpha value is -0.520. The van der Waals surface area contributed by atoms with Crippen molar-refractivity contribution >= 4 is 0 Å². The van der Waals surface area contributed by atoms with Crippen LogP contribution >= 0.6 is 0 Å². The zero-order chi connectivity index (χ0) is 6.83. The second-order valence-corrected chi connectivity index (χ2v) is 1.29. The fraction of sp³-hybridized carbons (Fsp3) is 0.500. The SMILES string of the molecule is C=C.CCC=CCC. The molecule has 0 aliphatic carbocycles. The topological polar surface area (TPSA) is 0 Å². The van der Waals surface area contributed by atoms with E-state index in [2.05, 4.69) is 39.2 Å². The summed E-state index contributed by atoms with van der Waals surface area (Å²) in [5.41, 5.74) is 0. The Balaban J connectivity index is 0. The van der Waals surface area contributed by atoms with Crippen LogP contribution in [0.2, 0.25) is 0 Å². The first kappa shape index (κ1) is 10.5. The van der Waals surface area contributed by atoms with E-state index in [9.17, 15) is 0 Å². The molecule has 0 aromatic carbocycles. The van der Waals surface area contributed by atoms with Gasteiger partial charge in [-0.25, -0.2) is 0 Å². The second-order valence-electron chi connectivity index (χ2n) is 1.29. The van der Waals surface area contributed by atoms with Gasteiger partial charge in [0.2, 0.25) is 0 Å². The molecule has 0 nitrogen and oxygen atoms in total. The Morgan fingerprint density at radius 3 is 1.38 bits per heavy atom. The molecule has 0 saturated heterocycles. The average molecular weight is 112 g/mol. The molecule has 0 radical (unpaired) electrons. The van der Waals surface area contributed by atoms with Crippen LogP contribution in [-0.4, -0.2) is 0 Å². The summed E-state index contributed by atoms with van der Waals surface area (Å²) in [5.74, 6) is 0. The summed E-state index contributed by atoms with van der Waals surface area (Å²) in [6, 6.07) is 0. The fourth-order valence-corrected chi connectivity index (χ4v) is 0.333. The first-order valence-corrected chi connectivity index (χ1v) is 3.06. The van der Waals surface area contributed by atoms with Crippen molar-refractivity contribution in [2.45, 2.75) is 26.7 Å². The molecule has 0 atom stereocenters. The van der Waals surface area contributed by atoms with E-state index in [0.29, 0.717) is 0 Å². The van der Waals surface area contributed by atoms with Gasteiger partial charge in [-0.2, -0.15) is 0 Å². The predicted octanol–water partition coefficient (Wildman–Crippen LogP) is 3.16. The van der Waals surface area contributed by atoms with Crippen molar-refractivity contribution in [1.29, 1.82) is 0 Å². The Labute approximate surface area is 52.9 Å². The summed E-state index contributed by atoms with van der Waals surface area (Å²) < 4.78 is 0. The van der Waals surface area contributed by atoms with Crippen LogP contribution in [0.3, 0.4) is 0 Å². The number of rotatable bonds is 2. The summed E-state index contributed by atoms with van der Waals surface area (Å²) in [7, 11) is 0. The molecule has 0 unspecified atom stereocenters. The molecule has 0 bridgehead atoms.